The molecule has 0 bridgehead atoms. The first kappa shape index (κ1) is 22.1. The number of hydrogen-bond donors (Lipinski definition) is 1. The van der Waals surface area contributed by atoms with Gasteiger partial charge in [0.15, 0.2) is 0 Å². The van der Waals surface area contributed by atoms with E-state index in [1.807, 2.05) is 35.8 Å². The first-order chi connectivity index (χ1) is 16.5. The summed E-state index contributed by atoms with van der Waals surface area (Å²) in [4.78, 5) is 50.0. The van der Waals surface area contributed by atoms with Gasteiger partial charge in [0.05, 0.1) is 24.5 Å². The molecule has 9 nitrogen and oxygen atoms in total. The van der Waals surface area contributed by atoms with Crippen LogP contribution in [-0.4, -0.2) is 46.6 Å². The Balaban J connectivity index is 1.48. The number of rotatable bonds is 5. The SMILES string of the molecule is CCn1cc(C(=O)NC2CC(C(=O)OC)c3ccccc32)c(=O)c2cnc(N3CCCC3)nc21. The van der Waals surface area contributed by atoms with Crippen molar-refractivity contribution in [2.45, 2.75) is 44.7 Å². The minimum Gasteiger partial charge on any atom is -0.469 e. The molecule has 2 unspecified atom stereocenters. The topological polar surface area (TPSA) is 106 Å². The molecule has 34 heavy (non-hydrogen) atoms. The summed E-state index contributed by atoms with van der Waals surface area (Å²) in [5.41, 5.74) is 1.86. The molecule has 1 N–H and O–H groups in total. The zero-order valence-electron chi connectivity index (χ0n) is 19.3. The van der Waals surface area contributed by atoms with Crippen LogP contribution in [0.1, 0.15) is 59.6 Å². The number of fused-ring (bicyclic) bond motifs is 2. The zero-order valence-corrected chi connectivity index (χ0v) is 19.3. The first-order valence-corrected chi connectivity index (χ1v) is 11.6. The highest BCUT2D eigenvalue weighted by Crippen LogP contribution is 2.40. The highest BCUT2D eigenvalue weighted by molar-refractivity contribution is 5.97. The molecule has 1 saturated heterocycles. The van der Waals surface area contributed by atoms with Gasteiger partial charge in [0, 0.05) is 32.0 Å². The zero-order chi connectivity index (χ0) is 23.8. The van der Waals surface area contributed by atoms with Gasteiger partial charge in [0.25, 0.3) is 5.91 Å². The largest absolute Gasteiger partial charge is 0.469 e. The van der Waals surface area contributed by atoms with Crippen molar-refractivity contribution >= 4 is 28.9 Å². The number of ether oxygens (including phenoxy) is 1. The van der Waals surface area contributed by atoms with Gasteiger partial charge in [-0.2, -0.15) is 4.98 Å². The van der Waals surface area contributed by atoms with Crippen molar-refractivity contribution in [3.05, 3.63) is 63.6 Å². The van der Waals surface area contributed by atoms with Crippen LogP contribution in [-0.2, 0) is 16.1 Å². The van der Waals surface area contributed by atoms with E-state index in [0.29, 0.717) is 29.9 Å². The van der Waals surface area contributed by atoms with E-state index in [9.17, 15) is 14.4 Å². The van der Waals surface area contributed by atoms with Gasteiger partial charge in [0.1, 0.15) is 11.2 Å². The Labute approximate surface area is 196 Å². The summed E-state index contributed by atoms with van der Waals surface area (Å²) < 4.78 is 6.76. The van der Waals surface area contributed by atoms with Gasteiger partial charge in [-0.25, -0.2) is 4.98 Å². The van der Waals surface area contributed by atoms with Crippen LogP contribution in [0, 0.1) is 0 Å². The van der Waals surface area contributed by atoms with Gasteiger partial charge in [0.2, 0.25) is 11.4 Å². The fraction of sp³-hybridized carbons (Fsp3) is 0.400. The summed E-state index contributed by atoms with van der Waals surface area (Å²) in [6, 6.07) is 7.10. The third kappa shape index (κ3) is 3.70. The molecular formula is C25H27N5O4. The fourth-order valence-electron chi connectivity index (χ4n) is 5.01. The lowest BCUT2D eigenvalue weighted by atomic mass is 10.0. The van der Waals surface area contributed by atoms with Crippen molar-refractivity contribution in [2.75, 3.05) is 25.1 Å². The molecule has 3 aromatic rings. The Hall–Kier alpha value is -3.75. The van der Waals surface area contributed by atoms with Gasteiger partial charge < -0.3 is 19.5 Å². The number of anilines is 1. The molecular weight excluding hydrogens is 434 g/mol. The highest BCUT2D eigenvalue weighted by atomic mass is 16.5. The monoisotopic (exact) mass is 461 g/mol. The molecule has 176 valence electrons. The van der Waals surface area contributed by atoms with Crippen molar-refractivity contribution in [3.63, 3.8) is 0 Å². The van der Waals surface area contributed by atoms with E-state index >= 15 is 0 Å². The molecule has 3 heterocycles. The highest BCUT2D eigenvalue weighted by Gasteiger charge is 2.37. The number of carbonyl (C=O) groups is 2. The number of carbonyl (C=O) groups excluding carboxylic acids is 2. The Bertz CT molecular complexity index is 1330. The van der Waals surface area contributed by atoms with Gasteiger partial charge >= 0.3 is 5.97 Å². The van der Waals surface area contributed by atoms with Crippen LogP contribution in [0.5, 0.6) is 0 Å². The van der Waals surface area contributed by atoms with E-state index in [0.717, 1.165) is 37.1 Å². The second-order valence-electron chi connectivity index (χ2n) is 8.73. The Morgan fingerprint density at radius 3 is 2.62 bits per heavy atom. The first-order valence-electron chi connectivity index (χ1n) is 11.6. The lowest BCUT2D eigenvalue weighted by Crippen LogP contribution is -2.32. The molecule has 0 spiro atoms. The van der Waals surface area contributed by atoms with Crippen molar-refractivity contribution < 1.29 is 14.3 Å². The quantitative estimate of drug-likeness (QED) is 0.582. The summed E-state index contributed by atoms with van der Waals surface area (Å²) in [5, 5.41) is 3.28. The summed E-state index contributed by atoms with van der Waals surface area (Å²) in [5.74, 6) is -0.662. The van der Waals surface area contributed by atoms with E-state index in [4.69, 9.17) is 4.74 Å². The number of pyridine rings is 1. The lowest BCUT2D eigenvalue weighted by Gasteiger charge is -2.18. The van der Waals surface area contributed by atoms with E-state index in [-0.39, 0.29) is 11.5 Å². The summed E-state index contributed by atoms with van der Waals surface area (Å²) in [6.45, 7) is 4.29. The van der Waals surface area contributed by atoms with Gasteiger partial charge in [-0.3, -0.25) is 14.4 Å². The number of nitrogens with zero attached hydrogens (tertiary/aromatic N) is 4. The number of hydrogen-bond acceptors (Lipinski definition) is 7. The molecule has 2 aromatic heterocycles. The number of aryl methyl sites for hydroxylation is 1. The van der Waals surface area contributed by atoms with Gasteiger partial charge in [-0.15, -0.1) is 0 Å². The number of benzene rings is 1. The van der Waals surface area contributed by atoms with Crippen molar-refractivity contribution in [1.29, 1.82) is 0 Å². The maximum absolute atomic E-state index is 13.3. The minimum atomic E-state index is -0.483. The number of esters is 1. The third-order valence-electron chi connectivity index (χ3n) is 6.79. The third-order valence-corrected chi connectivity index (χ3v) is 6.79. The van der Waals surface area contributed by atoms with Crippen molar-refractivity contribution in [1.82, 2.24) is 19.9 Å². The Kier molecular flexibility index (Phi) is 5.77. The fourth-order valence-corrected chi connectivity index (χ4v) is 5.01. The molecule has 1 aliphatic heterocycles. The van der Waals surface area contributed by atoms with Gasteiger partial charge in [-0.05, 0) is 37.3 Å². The molecule has 5 rings (SSSR count). The van der Waals surface area contributed by atoms with Gasteiger partial charge in [-0.1, -0.05) is 24.3 Å². The normalized spacial score (nSPS) is 19.3. The molecule has 0 saturated carbocycles. The molecule has 1 aliphatic carbocycles. The molecule has 0 radical (unpaired) electrons. The molecule has 1 amide bonds. The second kappa shape index (κ2) is 8.89. The molecule has 1 aromatic carbocycles. The standard InChI is InChI=1S/C25H27N5O4/c1-3-29-14-19(21(31)18-13-26-25(28-22(18)29)30-10-6-7-11-30)23(32)27-20-12-17(24(33)34-2)15-8-4-5-9-16(15)20/h4-5,8-9,13-14,17,20H,3,6-7,10-12H2,1-2H3,(H,27,32). The number of amides is 1. The van der Waals surface area contributed by atoms with Crippen molar-refractivity contribution in [3.8, 4) is 0 Å². The predicted molar refractivity (Wildman–Crippen MR) is 127 cm³/mol. The molecule has 2 aliphatic rings. The molecule has 2 atom stereocenters. The Morgan fingerprint density at radius 2 is 1.91 bits per heavy atom. The van der Waals surface area contributed by atoms with Crippen LogP contribution in [0.3, 0.4) is 0 Å². The predicted octanol–water partition coefficient (Wildman–Crippen LogP) is 2.54. The van der Waals surface area contributed by atoms with Crippen molar-refractivity contribution in [2.24, 2.45) is 0 Å². The van der Waals surface area contributed by atoms with Crippen LogP contribution in [0.4, 0.5) is 5.95 Å². The van der Waals surface area contributed by atoms with Crippen LogP contribution >= 0.6 is 0 Å². The number of aromatic nitrogens is 3. The van der Waals surface area contributed by atoms with Crippen LogP contribution in [0.2, 0.25) is 0 Å². The maximum Gasteiger partial charge on any atom is 0.313 e. The minimum absolute atomic E-state index is 0.0332. The van der Waals surface area contributed by atoms with Crippen LogP contribution in [0.15, 0.2) is 41.5 Å². The van der Waals surface area contributed by atoms with Crippen LogP contribution < -0.4 is 15.6 Å². The molecule has 1 fully saturated rings. The summed E-state index contributed by atoms with van der Waals surface area (Å²) in [7, 11) is 1.36. The average Bonchev–Trinajstić information content (AvgIpc) is 3.53. The smallest absolute Gasteiger partial charge is 0.313 e. The maximum atomic E-state index is 13.3. The van der Waals surface area contributed by atoms with E-state index in [1.54, 1.807) is 6.20 Å². The average molecular weight is 462 g/mol. The molecule has 9 heteroatoms. The summed E-state index contributed by atoms with van der Waals surface area (Å²) in [6.07, 6.45) is 5.68. The van der Waals surface area contributed by atoms with E-state index in [2.05, 4.69) is 20.2 Å². The number of nitrogens with one attached hydrogen (secondary N) is 1. The summed E-state index contributed by atoms with van der Waals surface area (Å²) >= 11 is 0. The number of methoxy groups -OCH3 is 1. The van der Waals surface area contributed by atoms with E-state index in [1.165, 1.54) is 13.3 Å². The lowest BCUT2D eigenvalue weighted by molar-refractivity contribution is -0.142. The Morgan fingerprint density at radius 1 is 1.18 bits per heavy atom. The van der Waals surface area contributed by atoms with E-state index < -0.39 is 23.3 Å². The van der Waals surface area contributed by atoms with Crippen LogP contribution in [0.25, 0.3) is 11.0 Å². The second-order valence-corrected chi connectivity index (χ2v) is 8.73.